The Balaban J connectivity index is 2.04. The fraction of sp³-hybridized carbons (Fsp3) is 0.333. The number of ether oxygens (including phenoxy) is 1. The lowest BCUT2D eigenvalue weighted by atomic mass is 10.1. The number of carbonyl (C=O) groups is 1. The number of nitrogens with zero attached hydrogens (tertiary/aromatic N) is 2. The first kappa shape index (κ1) is 13.3. The highest BCUT2D eigenvalue weighted by molar-refractivity contribution is 5.76. The van der Waals surface area contributed by atoms with Crippen molar-refractivity contribution in [3.63, 3.8) is 0 Å². The van der Waals surface area contributed by atoms with Crippen molar-refractivity contribution in [1.82, 2.24) is 9.78 Å². The number of benzene rings is 1. The van der Waals surface area contributed by atoms with Crippen molar-refractivity contribution >= 4 is 6.29 Å². The molecule has 2 rings (SSSR count). The number of hydrogen-bond donors (Lipinski definition) is 0. The number of aromatic nitrogens is 2. The Kier molecular flexibility index (Phi) is 4.00. The second-order valence-corrected chi connectivity index (χ2v) is 4.65. The summed E-state index contributed by atoms with van der Waals surface area (Å²) in [5, 5.41) is 4.12. The van der Waals surface area contributed by atoms with Crippen LogP contribution in [0.5, 0.6) is 5.75 Å². The van der Waals surface area contributed by atoms with Gasteiger partial charge in [-0.3, -0.25) is 9.48 Å². The normalized spacial score (nSPS) is 10.5. The van der Waals surface area contributed by atoms with E-state index in [0.29, 0.717) is 12.2 Å². The topological polar surface area (TPSA) is 44.1 Å². The molecule has 0 spiro atoms. The Labute approximate surface area is 113 Å². The van der Waals surface area contributed by atoms with Crippen molar-refractivity contribution in [2.75, 3.05) is 6.61 Å². The number of hydrogen-bond acceptors (Lipinski definition) is 3. The molecule has 4 heteroatoms. The summed E-state index contributed by atoms with van der Waals surface area (Å²) in [6.45, 7) is 4.51. The lowest BCUT2D eigenvalue weighted by molar-refractivity contribution is 0.112. The summed E-state index contributed by atoms with van der Waals surface area (Å²) in [4.78, 5) is 10.8. The van der Waals surface area contributed by atoms with Gasteiger partial charge in [0.1, 0.15) is 12.0 Å². The van der Waals surface area contributed by atoms with E-state index < -0.39 is 0 Å². The predicted octanol–water partition coefficient (Wildman–Crippen LogP) is 2.47. The second-order valence-electron chi connectivity index (χ2n) is 4.65. The average molecular weight is 258 g/mol. The highest BCUT2D eigenvalue weighted by Gasteiger charge is 2.07. The van der Waals surface area contributed by atoms with Gasteiger partial charge in [-0.25, -0.2) is 0 Å². The first-order chi connectivity index (χ1) is 9.11. The summed E-state index contributed by atoms with van der Waals surface area (Å²) in [6.07, 6.45) is 3.45. The van der Waals surface area contributed by atoms with E-state index in [0.717, 1.165) is 35.3 Å². The monoisotopic (exact) mass is 258 g/mol. The van der Waals surface area contributed by atoms with Gasteiger partial charge in [-0.2, -0.15) is 5.10 Å². The summed E-state index contributed by atoms with van der Waals surface area (Å²) in [7, 11) is 1.92. The van der Waals surface area contributed by atoms with Crippen molar-refractivity contribution in [2.24, 2.45) is 7.05 Å². The fourth-order valence-corrected chi connectivity index (χ4v) is 2.18. The molecule has 0 atom stereocenters. The van der Waals surface area contributed by atoms with Gasteiger partial charge in [0.2, 0.25) is 0 Å². The molecule has 1 aromatic heterocycles. The van der Waals surface area contributed by atoms with Gasteiger partial charge >= 0.3 is 0 Å². The molecule has 0 radical (unpaired) electrons. The third kappa shape index (κ3) is 3.02. The maximum Gasteiger partial charge on any atom is 0.150 e. The standard InChI is InChI=1S/C15H18N2O2/c1-11-8-13(10-18)9-12(2)15(11)19-7-5-14-4-6-16-17(14)3/h4,6,8-10H,5,7H2,1-3H3. The molecule has 0 aliphatic carbocycles. The SMILES string of the molecule is Cc1cc(C=O)cc(C)c1OCCc1ccnn1C. The first-order valence-electron chi connectivity index (χ1n) is 6.28. The molecule has 1 aromatic carbocycles. The van der Waals surface area contributed by atoms with E-state index in [-0.39, 0.29) is 0 Å². The third-order valence-corrected chi connectivity index (χ3v) is 3.15. The lowest BCUT2D eigenvalue weighted by Crippen LogP contribution is -2.07. The highest BCUT2D eigenvalue weighted by atomic mass is 16.5. The van der Waals surface area contributed by atoms with Gasteiger partial charge in [0.15, 0.2) is 0 Å². The van der Waals surface area contributed by atoms with Crippen LogP contribution in [0.3, 0.4) is 0 Å². The van der Waals surface area contributed by atoms with E-state index in [2.05, 4.69) is 5.10 Å². The molecular formula is C15H18N2O2. The van der Waals surface area contributed by atoms with Crippen LogP contribution in [0.4, 0.5) is 0 Å². The molecule has 100 valence electrons. The molecule has 0 saturated heterocycles. The van der Waals surface area contributed by atoms with E-state index in [4.69, 9.17) is 4.74 Å². The molecule has 1 heterocycles. The van der Waals surface area contributed by atoms with Gasteiger partial charge in [-0.05, 0) is 43.2 Å². The van der Waals surface area contributed by atoms with Gasteiger partial charge in [-0.15, -0.1) is 0 Å². The summed E-state index contributed by atoms with van der Waals surface area (Å²) >= 11 is 0. The van der Waals surface area contributed by atoms with Gasteiger partial charge in [-0.1, -0.05) is 0 Å². The smallest absolute Gasteiger partial charge is 0.150 e. The Hall–Kier alpha value is -2.10. The molecule has 2 aromatic rings. The minimum absolute atomic E-state index is 0.599. The molecule has 0 fully saturated rings. The Morgan fingerprint density at radius 1 is 1.32 bits per heavy atom. The summed E-state index contributed by atoms with van der Waals surface area (Å²) in [5.74, 6) is 0.868. The van der Waals surface area contributed by atoms with Crippen LogP contribution >= 0.6 is 0 Å². The van der Waals surface area contributed by atoms with Crippen molar-refractivity contribution in [3.05, 3.63) is 46.8 Å². The maximum atomic E-state index is 10.8. The summed E-state index contributed by atoms with van der Waals surface area (Å²) in [6, 6.07) is 5.68. The quantitative estimate of drug-likeness (QED) is 0.774. The predicted molar refractivity (Wildman–Crippen MR) is 73.7 cm³/mol. The fourth-order valence-electron chi connectivity index (χ4n) is 2.18. The van der Waals surface area contributed by atoms with Crippen molar-refractivity contribution in [1.29, 1.82) is 0 Å². The van der Waals surface area contributed by atoms with Crippen LogP contribution < -0.4 is 4.74 Å². The lowest BCUT2D eigenvalue weighted by Gasteiger charge is -2.12. The van der Waals surface area contributed by atoms with Crippen molar-refractivity contribution in [2.45, 2.75) is 20.3 Å². The van der Waals surface area contributed by atoms with Crippen LogP contribution in [0.2, 0.25) is 0 Å². The third-order valence-electron chi connectivity index (χ3n) is 3.15. The first-order valence-corrected chi connectivity index (χ1v) is 6.28. The van der Waals surface area contributed by atoms with Gasteiger partial charge < -0.3 is 4.74 Å². The van der Waals surface area contributed by atoms with Gasteiger partial charge in [0, 0.05) is 30.9 Å². The van der Waals surface area contributed by atoms with Gasteiger partial charge in [0.25, 0.3) is 0 Å². The zero-order valence-electron chi connectivity index (χ0n) is 11.5. The minimum Gasteiger partial charge on any atom is -0.493 e. The Bertz CT molecular complexity index is 565. The zero-order valence-corrected chi connectivity index (χ0v) is 11.5. The van der Waals surface area contributed by atoms with E-state index in [1.54, 1.807) is 6.20 Å². The Morgan fingerprint density at radius 3 is 2.53 bits per heavy atom. The van der Waals surface area contributed by atoms with E-state index >= 15 is 0 Å². The summed E-state index contributed by atoms with van der Waals surface area (Å²) in [5.41, 5.74) is 3.81. The molecule has 0 aliphatic heterocycles. The molecule has 0 bridgehead atoms. The van der Waals surface area contributed by atoms with Crippen molar-refractivity contribution < 1.29 is 9.53 Å². The van der Waals surface area contributed by atoms with Gasteiger partial charge in [0.05, 0.1) is 6.61 Å². The number of aryl methyl sites for hydroxylation is 3. The van der Waals surface area contributed by atoms with Crippen LogP contribution in [0.1, 0.15) is 27.2 Å². The van der Waals surface area contributed by atoms with Crippen LogP contribution in [-0.4, -0.2) is 22.7 Å². The van der Waals surface area contributed by atoms with Crippen LogP contribution in [0.15, 0.2) is 24.4 Å². The van der Waals surface area contributed by atoms with Crippen LogP contribution in [0, 0.1) is 13.8 Å². The number of carbonyl (C=O) groups excluding carboxylic acids is 1. The zero-order chi connectivity index (χ0) is 13.8. The summed E-state index contributed by atoms with van der Waals surface area (Å²) < 4.78 is 7.68. The minimum atomic E-state index is 0.599. The molecule has 0 aliphatic rings. The average Bonchev–Trinajstić information content (AvgIpc) is 2.78. The van der Waals surface area contributed by atoms with Crippen molar-refractivity contribution in [3.8, 4) is 5.75 Å². The molecule has 19 heavy (non-hydrogen) atoms. The Morgan fingerprint density at radius 2 is 2.00 bits per heavy atom. The highest BCUT2D eigenvalue weighted by Crippen LogP contribution is 2.24. The molecule has 0 N–H and O–H groups in total. The molecular weight excluding hydrogens is 240 g/mol. The van der Waals surface area contributed by atoms with Crippen LogP contribution in [-0.2, 0) is 13.5 Å². The number of rotatable bonds is 5. The second kappa shape index (κ2) is 5.69. The largest absolute Gasteiger partial charge is 0.493 e. The number of aldehydes is 1. The van der Waals surface area contributed by atoms with Crippen LogP contribution in [0.25, 0.3) is 0 Å². The molecule has 0 unspecified atom stereocenters. The molecule has 0 saturated carbocycles. The molecule has 0 amide bonds. The molecule has 4 nitrogen and oxygen atoms in total. The van der Waals surface area contributed by atoms with E-state index in [1.165, 1.54) is 0 Å². The van der Waals surface area contributed by atoms with E-state index in [9.17, 15) is 4.79 Å². The maximum absolute atomic E-state index is 10.8. The van der Waals surface area contributed by atoms with E-state index in [1.807, 2.05) is 43.8 Å².